The van der Waals surface area contributed by atoms with Crippen molar-refractivity contribution in [2.75, 3.05) is 6.54 Å². The summed E-state index contributed by atoms with van der Waals surface area (Å²) in [5.74, 6) is 0.783. The molecule has 0 aromatic heterocycles. The average molecular weight is 184 g/mol. The fourth-order valence-electron chi connectivity index (χ4n) is 1.58. The number of ether oxygens (including phenoxy) is 1. The molecule has 0 saturated carbocycles. The molecule has 0 saturated heterocycles. The van der Waals surface area contributed by atoms with Crippen molar-refractivity contribution in [2.24, 2.45) is 9.98 Å². The van der Waals surface area contributed by atoms with Crippen LogP contribution < -0.4 is 15.5 Å². The van der Waals surface area contributed by atoms with E-state index >= 15 is 0 Å². The summed E-state index contributed by atoms with van der Waals surface area (Å²) in [5.41, 5.74) is 1.11. The maximum atomic E-state index is 5.33. The van der Waals surface area contributed by atoms with Gasteiger partial charge in [-0.05, 0) is 6.07 Å². The maximum absolute atomic E-state index is 5.33. The van der Waals surface area contributed by atoms with Gasteiger partial charge in [0.25, 0.3) is 0 Å². The van der Waals surface area contributed by atoms with Crippen LogP contribution in [0.2, 0.25) is 0 Å². The van der Waals surface area contributed by atoms with Crippen LogP contribution in [0.4, 0.5) is 0 Å². The van der Waals surface area contributed by atoms with E-state index in [1.54, 1.807) is 12.5 Å². The second-order valence-electron chi connectivity index (χ2n) is 3.15. The maximum Gasteiger partial charge on any atom is 0.154 e. The molecule has 0 amide bonds. The Morgan fingerprint density at radius 3 is 3.21 bits per heavy atom. The molecule has 0 radical (unpaired) electrons. The highest BCUT2D eigenvalue weighted by molar-refractivity contribution is 5.52. The van der Waals surface area contributed by atoms with E-state index in [0.29, 0.717) is 0 Å². The van der Waals surface area contributed by atoms with Gasteiger partial charge in [-0.3, -0.25) is 4.99 Å². The van der Waals surface area contributed by atoms with E-state index in [4.69, 9.17) is 4.74 Å². The molecule has 0 unspecified atom stereocenters. The first-order chi connectivity index (χ1) is 6.93. The highest BCUT2D eigenvalue weighted by Gasteiger charge is 2.05. The van der Waals surface area contributed by atoms with Gasteiger partial charge in [-0.15, -0.1) is 0 Å². The standard InChI is InChI=1S/C11H8N2O/c1-2-8-6-10-11(14-5-4-13-10)7-9(8)12-3-1/h1-2,4-7H,3H2. The molecule has 1 aromatic carbocycles. The zero-order valence-corrected chi connectivity index (χ0v) is 7.47. The van der Waals surface area contributed by atoms with Gasteiger partial charge in [0, 0.05) is 11.6 Å². The molecule has 0 spiro atoms. The summed E-state index contributed by atoms with van der Waals surface area (Å²) in [6, 6.07) is 3.93. The minimum atomic E-state index is 0.749. The molecule has 0 bridgehead atoms. The second-order valence-corrected chi connectivity index (χ2v) is 3.15. The highest BCUT2D eigenvalue weighted by atomic mass is 16.5. The molecule has 0 atom stereocenters. The van der Waals surface area contributed by atoms with Crippen LogP contribution in [0.1, 0.15) is 5.56 Å². The third-order valence-electron chi connectivity index (χ3n) is 2.24. The Morgan fingerprint density at radius 2 is 2.21 bits per heavy atom. The van der Waals surface area contributed by atoms with Gasteiger partial charge in [-0.2, -0.15) is 0 Å². The SMILES string of the molecule is C1=Cc2cc3c(cc2=NC1)OC=CN=3. The molecule has 3 rings (SSSR count). The number of rotatable bonds is 0. The number of hydrogen-bond acceptors (Lipinski definition) is 3. The molecular weight excluding hydrogens is 176 g/mol. The summed E-state index contributed by atoms with van der Waals surface area (Å²) in [5, 5.41) is 1.85. The molecule has 3 heteroatoms. The molecule has 2 aliphatic rings. The fourth-order valence-corrected chi connectivity index (χ4v) is 1.58. The topological polar surface area (TPSA) is 34.0 Å². The van der Waals surface area contributed by atoms with Crippen LogP contribution in [0, 0.1) is 0 Å². The number of nitrogens with zero attached hydrogens (tertiary/aromatic N) is 2. The third kappa shape index (κ3) is 1.06. The Bertz CT molecular complexity index is 555. The molecule has 68 valence electrons. The molecule has 14 heavy (non-hydrogen) atoms. The third-order valence-corrected chi connectivity index (χ3v) is 2.24. The van der Waals surface area contributed by atoms with Crippen molar-refractivity contribution < 1.29 is 4.74 Å². The van der Waals surface area contributed by atoms with Gasteiger partial charge in [0.1, 0.15) is 11.6 Å². The van der Waals surface area contributed by atoms with Crippen molar-refractivity contribution in [3.05, 3.63) is 46.9 Å². The first-order valence-electron chi connectivity index (χ1n) is 4.48. The summed E-state index contributed by atoms with van der Waals surface area (Å²) in [6.45, 7) is 0.749. The van der Waals surface area contributed by atoms with E-state index in [2.05, 4.69) is 16.1 Å². The van der Waals surface area contributed by atoms with Crippen LogP contribution >= 0.6 is 0 Å². The molecule has 1 aromatic rings. The van der Waals surface area contributed by atoms with Crippen molar-refractivity contribution in [2.45, 2.75) is 0 Å². The molecule has 0 N–H and O–H groups in total. The largest absolute Gasteiger partial charge is 0.461 e. The molecule has 0 aliphatic carbocycles. The average Bonchev–Trinajstić information content (AvgIpc) is 2.26. The van der Waals surface area contributed by atoms with Gasteiger partial charge in [-0.25, -0.2) is 4.99 Å². The van der Waals surface area contributed by atoms with Crippen LogP contribution in [0.5, 0.6) is 5.75 Å². The van der Waals surface area contributed by atoms with Gasteiger partial charge >= 0.3 is 0 Å². The predicted octanol–water partition coefficient (Wildman–Crippen LogP) is 0.816. The quantitative estimate of drug-likeness (QED) is 0.587. The van der Waals surface area contributed by atoms with E-state index in [-0.39, 0.29) is 0 Å². The molecule has 2 aliphatic heterocycles. The van der Waals surface area contributed by atoms with Gasteiger partial charge in [0.05, 0.1) is 18.1 Å². The summed E-state index contributed by atoms with van der Waals surface area (Å²) in [4.78, 5) is 8.59. The van der Waals surface area contributed by atoms with E-state index in [1.165, 1.54) is 0 Å². The lowest BCUT2D eigenvalue weighted by atomic mass is 10.1. The van der Waals surface area contributed by atoms with Crippen molar-refractivity contribution in [1.29, 1.82) is 0 Å². The van der Waals surface area contributed by atoms with Crippen LogP contribution in [0.3, 0.4) is 0 Å². The van der Waals surface area contributed by atoms with E-state index in [9.17, 15) is 0 Å². The fraction of sp³-hybridized carbons (Fsp3) is 0.0909. The molecule has 3 nitrogen and oxygen atoms in total. The van der Waals surface area contributed by atoms with Crippen molar-refractivity contribution in [3.8, 4) is 5.75 Å². The highest BCUT2D eigenvalue weighted by Crippen LogP contribution is 2.07. The first kappa shape index (κ1) is 7.50. The molecular formula is C11H8N2O. The van der Waals surface area contributed by atoms with Crippen molar-refractivity contribution >= 4 is 6.08 Å². The molecule has 0 fully saturated rings. The number of fused-ring (bicyclic) bond motifs is 2. The van der Waals surface area contributed by atoms with Gasteiger partial charge in [0.15, 0.2) is 5.75 Å². The van der Waals surface area contributed by atoms with Gasteiger partial charge < -0.3 is 4.74 Å². The Kier molecular flexibility index (Phi) is 1.50. The zero-order valence-electron chi connectivity index (χ0n) is 7.47. The van der Waals surface area contributed by atoms with Crippen LogP contribution in [0.25, 0.3) is 6.08 Å². The smallest absolute Gasteiger partial charge is 0.154 e. The summed E-state index contributed by atoms with van der Waals surface area (Å²) < 4.78 is 5.33. The lowest BCUT2D eigenvalue weighted by Gasteiger charge is -2.07. The normalized spacial score (nSPS) is 16.0. The van der Waals surface area contributed by atoms with Crippen LogP contribution in [-0.4, -0.2) is 6.54 Å². The minimum absolute atomic E-state index is 0.749. The van der Waals surface area contributed by atoms with Crippen molar-refractivity contribution in [3.63, 3.8) is 0 Å². The first-order valence-corrected chi connectivity index (χ1v) is 4.48. The minimum Gasteiger partial charge on any atom is -0.461 e. The van der Waals surface area contributed by atoms with Crippen LogP contribution in [-0.2, 0) is 0 Å². The zero-order chi connectivity index (χ0) is 9.38. The lowest BCUT2D eigenvalue weighted by Crippen LogP contribution is -2.18. The second kappa shape index (κ2) is 2.80. The monoisotopic (exact) mass is 184 g/mol. The Labute approximate surface area is 80.8 Å². The number of hydrogen-bond donors (Lipinski definition) is 0. The van der Waals surface area contributed by atoms with Crippen molar-refractivity contribution in [1.82, 2.24) is 0 Å². The lowest BCUT2D eigenvalue weighted by molar-refractivity contribution is 0.465. The summed E-state index contributed by atoms with van der Waals surface area (Å²) >= 11 is 0. The summed E-state index contributed by atoms with van der Waals surface area (Å²) in [6.07, 6.45) is 7.33. The van der Waals surface area contributed by atoms with Crippen LogP contribution in [0.15, 0.2) is 40.7 Å². The Morgan fingerprint density at radius 1 is 1.21 bits per heavy atom. The van der Waals surface area contributed by atoms with E-state index in [0.717, 1.165) is 28.6 Å². The summed E-state index contributed by atoms with van der Waals surface area (Å²) in [7, 11) is 0. The Hall–Kier alpha value is -1.90. The van der Waals surface area contributed by atoms with E-state index in [1.807, 2.05) is 18.2 Å². The van der Waals surface area contributed by atoms with Gasteiger partial charge in [-0.1, -0.05) is 12.2 Å². The predicted molar refractivity (Wildman–Crippen MR) is 52.4 cm³/mol. The van der Waals surface area contributed by atoms with E-state index < -0.39 is 0 Å². The molecule has 2 heterocycles. The number of benzene rings is 1. The van der Waals surface area contributed by atoms with Gasteiger partial charge in [0.2, 0.25) is 0 Å². The Balaban J connectivity index is 2.37.